The topological polar surface area (TPSA) is 16.1 Å². The van der Waals surface area contributed by atoms with Crippen LogP contribution in [-0.2, 0) is 0 Å². The highest BCUT2D eigenvalue weighted by Gasteiger charge is 2.27. The van der Waals surface area contributed by atoms with Crippen molar-refractivity contribution in [1.82, 2.24) is 9.88 Å². The molecule has 1 atom stereocenters. The van der Waals surface area contributed by atoms with Gasteiger partial charge in [0.15, 0.2) is 0 Å². The molecule has 0 saturated heterocycles. The summed E-state index contributed by atoms with van der Waals surface area (Å²) in [6.07, 6.45) is 12.1. The summed E-state index contributed by atoms with van der Waals surface area (Å²) in [6, 6.07) is 10.7. The Balaban J connectivity index is 1.61. The quantitative estimate of drug-likeness (QED) is 0.638. The molecule has 0 amide bonds. The van der Waals surface area contributed by atoms with Crippen molar-refractivity contribution in [2.45, 2.75) is 25.8 Å². The van der Waals surface area contributed by atoms with E-state index in [9.17, 15) is 4.39 Å². The van der Waals surface area contributed by atoms with E-state index in [0.717, 1.165) is 24.9 Å². The predicted octanol–water partition coefficient (Wildman–Crippen LogP) is 5.50. The van der Waals surface area contributed by atoms with Gasteiger partial charge in [-0.3, -0.25) is 0 Å². The minimum atomic E-state index is -0.272. The highest BCUT2D eigenvalue weighted by Crippen LogP contribution is 2.34. The number of benzene rings is 1. The maximum Gasteiger partial charge on any atom is 0.132 e. The van der Waals surface area contributed by atoms with Gasteiger partial charge >= 0.3 is 0 Å². The third-order valence-corrected chi connectivity index (χ3v) is 5.51. The van der Waals surface area contributed by atoms with Crippen molar-refractivity contribution < 1.29 is 4.39 Å². The molecule has 0 radical (unpaired) electrons. The van der Waals surface area contributed by atoms with Crippen LogP contribution in [-0.4, -0.2) is 22.5 Å². The fourth-order valence-electron chi connectivity index (χ4n) is 3.91. The number of halogens is 1. The summed E-state index contributed by atoms with van der Waals surface area (Å²) < 4.78 is 14.7. The molecule has 1 aromatic heterocycles. The summed E-state index contributed by atoms with van der Waals surface area (Å²) in [6.45, 7) is 7.25. The van der Waals surface area contributed by atoms with E-state index in [2.05, 4.69) is 59.5 Å². The van der Waals surface area contributed by atoms with Crippen LogP contribution in [0.15, 0.2) is 84.6 Å². The molecule has 0 spiro atoms. The summed E-state index contributed by atoms with van der Waals surface area (Å²) >= 11 is 0. The normalized spacial score (nSPS) is 18.0. The lowest BCUT2D eigenvalue weighted by Gasteiger charge is -2.39. The molecule has 0 fully saturated rings. The van der Waals surface area contributed by atoms with Gasteiger partial charge in [-0.1, -0.05) is 42.9 Å². The van der Waals surface area contributed by atoms with Gasteiger partial charge in [-0.15, -0.1) is 0 Å². The first kappa shape index (κ1) is 19.0. The number of nitrogens with zero attached hydrogens (tertiary/aromatic N) is 2. The first-order valence-corrected chi connectivity index (χ1v) is 9.87. The Bertz CT molecular complexity index is 1080. The lowest BCUT2D eigenvalue weighted by Crippen LogP contribution is -2.37. The zero-order valence-electron chi connectivity index (χ0n) is 16.5. The Morgan fingerprint density at radius 1 is 1.21 bits per heavy atom. The molecular formula is C26H23FN2. The van der Waals surface area contributed by atoms with E-state index in [1.807, 2.05) is 18.2 Å². The minimum Gasteiger partial charge on any atom is -0.365 e. The van der Waals surface area contributed by atoms with Gasteiger partial charge in [0.25, 0.3) is 0 Å². The van der Waals surface area contributed by atoms with Gasteiger partial charge < -0.3 is 4.90 Å². The molecule has 1 aliphatic heterocycles. The minimum absolute atomic E-state index is 0.182. The molecule has 2 nitrogen and oxygen atoms in total. The van der Waals surface area contributed by atoms with Gasteiger partial charge in [-0.05, 0) is 67.2 Å². The summed E-state index contributed by atoms with van der Waals surface area (Å²) in [7, 11) is 0. The lowest BCUT2D eigenvalue weighted by molar-refractivity contribution is 0.325. The largest absolute Gasteiger partial charge is 0.365 e. The van der Waals surface area contributed by atoms with Crippen LogP contribution in [0, 0.1) is 17.7 Å². The Morgan fingerprint density at radius 3 is 2.93 bits per heavy atom. The number of aromatic nitrogens is 1. The molecule has 2 aliphatic rings. The van der Waals surface area contributed by atoms with Gasteiger partial charge in [0, 0.05) is 35.6 Å². The Labute approximate surface area is 171 Å². The number of allylic oxidation sites excluding steroid dienone is 4. The maximum absolute atomic E-state index is 14.7. The molecule has 144 valence electrons. The van der Waals surface area contributed by atoms with Gasteiger partial charge in [0.1, 0.15) is 11.5 Å². The highest BCUT2D eigenvalue weighted by atomic mass is 19.1. The summed E-state index contributed by atoms with van der Waals surface area (Å²) in [5, 5.41) is 0. The maximum atomic E-state index is 14.7. The highest BCUT2D eigenvalue weighted by molar-refractivity contribution is 5.65. The van der Waals surface area contributed by atoms with E-state index in [4.69, 9.17) is 0 Å². The van der Waals surface area contributed by atoms with Crippen LogP contribution in [0.3, 0.4) is 0 Å². The second-order valence-corrected chi connectivity index (χ2v) is 7.27. The van der Waals surface area contributed by atoms with Crippen molar-refractivity contribution >= 4 is 5.70 Å². The van der Waals surface area contributed by atoms with Gasteiger partial charge in [-0.25, -0.2) is 9.37 Å². The summed E-state index contributed by atoms with van der Waals surface area (Å²) in [5.41, 5.74) is 5.43. The first-order valence-electron chi connectivity index (χ1n) is 9.87. The summed E-state index contributed by atoms with van der Waals surface area (Å²) in [4.78, 5) is 6.42. The molecule has 1 aromatic carbocycles. The molecule has 1 unspecified atom stereocenters. The fourth-order valence-corrected chi connectivity index (χ4v) is 3.91. The third-order valence-electron chi connectivity index (χ3n) is 5.51. The van der Waals surface area contributed by atoms with Crippen LogP contribution in [0.25, 0.3) is 5.70 Å². The van der Waals surface area contributed by atoms with E-state index in [1.54, 1.807) is 18.3 Å². The van der Waals surface area contributed by atoms with Crippen molar-refractivity contribution in [1.29, 1.82) is 0 Å². The number of hydrogen-bond acceptors (Lipinski definition) is 2. The van der Waals surface area contributed by atoms with E-state index in [0.29, 0.717) is 17.0 Å². The van der Waals surface area contributed by atoms with Crippen LogP contribution < -0.4 is 0 Å². The van der Waals surface area contributed by atoms with Crippen molar-refractivity contribution in [3.8, 4) is 11.8 Å². The van der Waals surface area contributed by atoms with E-state index in [-0.39, 0.29) is 11.9 Å². The first-order chi connectivity index (χ1) is 14.1. The van der Waals surface area contributed by atoms with E-state index >= 15 is 0 Å². The Hall–Kier alpha value is -3.38. The average molecular weight is 382 g/mol. The number of rotatable bonds is 2. The molecule has 0 bridgehead atoms. The smallest absolute Gasteiger partial charge is 0.132 e. The second kappa shape index (κ2) is 8.32. The molecule has 2 aromatic rings. The number of pyridine rings is 1. The van der Waals surface area contributed by atoms with Crippen LogP contribution in [0.4, 0.5) is 4.39 Å². The van der Waals surface area contributed by atoms with Gasteiger partial charge in [-0.2, -0.15) is 0 Å². The predicted molar refractivity (Wildman–Crippen MR) is 116 cm³/mol. The van der Waals surface area contributed by atoms with Gasteiger partial charge in [0.05, 0.1) is 0 Å². The molecule has 0 N–H and O–H groups in total. The van der Waals surface area contributed by atoms with Crippen molar-refractivity contribution in [3.63, 3.8) is 0 Å². The molecule has 29 heavy (non-hydrogen) atoms. The van der Waals surface area contributed by atoms with Crippen LogP contribution >= 0.6 is 0 Å². The van der Waals surface area contributed by atoms with E-state index < -0.39 is 0 Å². The Morgan fingerprint density at radius 2 is 2.10 bits per heavy atom. The van der Waals surface area contributed by atoms with Crippen molar-refractivity contribution in [2.75, 3.05) is 6.54 Å². The lowest BCUT2D eigenvalue weighted by atomic mass is 9.90. The molecule has 0 saturated carbocycles. The SMILES string of the molecule is C=C(c1cc(C#Cc2ccccn2)ccc1F)N1CCC2=C(CC=CC=C2)C1C. The fraction of sp³-hybridized carbons (Fsp3) is 0.192. The Kier molecular flexibility index (Phi) is 5.44. The zero-order valence-corrected chi connectivity index (χ0v) is 16.5. The monoisotopic (exact) mass is 382 g/mol. The van der Waals surface area contributed by atoms with E-state index in [1.165, 1.54) is 17.2 Å². The molecule has 3 heteroatoms. The molecular weight excluding hydrogens is 359 g/mol. The second-order valence-electron chi connectivity index (χ2n) is 7.27. The molecule has 1 aliphatic carbocycles. The van der Waals surface area contributed by atoms with Crippen molar-refractivity contribution in [3.05, 3.63) is 107 Å². The number of hydrogen-bond donors (Lipinski definition) is 0. The molecule has 2 heterocycles. The van der Waals surface area contributed by atoms with Crippen molar-refractivity contribution in [2.24, 2.45) is 0 Å². The average Bonchev–Trinajstić information content (AvgIpc) is 3.00. The van der Waals surface area contributed by atoms with Crippen LogP contribution in [0.1, 0.15) is 36.6 Å². The van der Waals surface area contributed by atoms with Crippen LogP contribution in [0.5, 0.6) is 0 Å². The molecule has 4 rings (SSSR count). The zero-order chi connectivity index (χ0) is 20.2. The standard InChI is InChI=1S/C26H23FN2/c1-19-24-10-5-3-4-8-22(24)15-17-29(19)20(2)25-18-21(12-14-26(25)27)11-13-23-9-6-7-16-28-23/h3-9,12,14,16,18-19H,2,10,15,17H2,1H3. The van der Waals surface area contributed by atoms with Gasteiger partial charge in [0.2, 0.25) is 0 Å². The summed E-state index contributed by atoms with van der Waals surface area (Å²) in [5.74, 6) is 5.84. The third kappa shape index (κ3) is 4.07. The van der Waals surface area contributed by atoms with Crippen LogP contribution in [0.2, 0.25) is 0 Å².